The summed E-state index contributed by atoms with van der Waals surface area (Å²) in [7, 11) is 0. The summed E-state index contributed by atoms with van der Waals surface area (Å²) < 4.78 is 21.4. The second kappa shape index (κ2) is 6.58. The van der Waals surface area contributed by atoms with Crippen LogP contribution in [-0.4, -0.2) is 26.1 Å². The zero-order valence-corrected chi connectivity index (χ0v) is 14.8. The van der Waals surface area contributed by atoms with E-state index in [-0.39, 0.29) is 18.5 Å². The van der Waals surface area contributed by atoms with Crippen LogP contribution in [0, 0.1) is 5.82 Å². The molecule has 0 bridgehead atoms. The summed E-state index contributed by atoms with van der Waals surface area (Å²) in [5.41, 5.74) is 9.64. The number of nitrogens with two attached hydrogens (primary N) is 1. The maximum atomic E-state index is 14.1. The Balaban J connectivity index is 1.52. The van der Waals surface area contributed by atoms with Gasteiger partial charge in [0.1, 0.15) is 12.1 Å². The molecule has 28 heavy (non-hydrogen) atoms. The van der Waals surface area contributed by atoms with Gasteiger partial charge in [-0.2, -0.15) is 4.98 Å². The molecule has 0 saturated heterocycles. The van der Waals surface area contributed by atoms with Crippen LogP contribution in [0.1, 0.15) is 17.2 Å². The van der Waals surface area contributed by atoms with Gasteiger partial charge in [-0.25, -0.2) is 14.4 Å². The topological polar surface area (TPSA) is 90.9 Å². The average molecular weight is 376 g/mol. The third kappa shape index (κ3) is 2.74. The number of nitrogen functional groups attached to an aromatic ring is 1. The molecule has 1 atom stereocenters. The Morgan fingerprint density at radius 1 is 1.14 bits per heavy atom. The van der Waals surface area contributed by atoms with Gasteiger partial charge < -0.3 is 15.8 Å². The number of rotatable bonds is 3. The van der Waals surface area contributed by atoms with E-state index < -0.39 is 0 Å². The highest BCUT2D eigenvalue weighted by Crippen LogP contribution is 2.31. The fraction of sp³-hybridized carbons (Fsp3) is 0.150. The number of nitrogens with zero attached hydrogens (tertiary/aromatic N) is 4. The van der Waals surface area contributed by atoms with E-state index in [9.17, 15) is 4.39 Å². The first kappa shape index (κ1) is 16.6. The largest absolute Gasteiger partial charge is 0.394 e. The van der Waals surface area contributed by atoms with Gasteiger partial charge in [0, 0.05) is 5.56 Å². The van der Waals surface area contributed by atoms with E-state index in [2.05, 4.69) is 20.3 Å². The molecule has 2 aromatic carbocycles. The number of ether oxygens (including phenoxy) is 1. The van der Waals surface area contributed by atoms with Crippen molar-refractivity contribution >= 4 is 22.5 Å². The summed E-state index contributed by atoms with van der Waals surface area (Å²) in [6.45, 7) is 0.648. The third-order valence-corrected chi connectivity index (χ3v) is 4.85. The second-order valence-electron chi connectivity index (χ2n) is 6.60. The van der Waals surface area contributed by atoms with Gasteiger partial charge in [-0.15, -0.1) is 0 Å². The first-order valence-electron chi connectivity index (χ1n) is 8.87. The molecule has 0 amide bonds. The molecule has 1 aliphatic heterocycles. The number of hydrogen-bond donors (Lipinski definition) is 2. The van der Waals surface area contributed by atoms with Crippen molar-refractivity contribution in [2.75, 3.05) is 17.7 Å². The van der Waals surface area contributed by atoms with Crippen molar-refractivity contribution in [1.82, 2.24) is 19.5 Å². The summed E-state index contributed by atoms with van der Waals surface area (Å²) >= 11 is 0. The number of para-hydroxylation sites is 2. The molecule has 0 aliphatic carbocycles. The highest BCUT2D eigenvalue weighted by atomic mass is 19.1. The molecule has 140 valence electrons. The lowest BCUT2D eigenvalue weighted by Crippen LogP contribution is -2.25. The summed E-state index contributed by atoms with van der Waals surface area (Å²) in [6, 6.07) is 12.5. The number of halogens is 1. The smallest absolute Gasteiger partial charge is 0.237 e. The van der Waals surface area contributed by atoms with E-state index in [0.29, 0.717) is 29.6 Å². The zero-order chi connectivity index (χ0) is 19.1. The van der Waals surface area contributed by atoms with E-state index in [0.717, 1.165) is 16.6 Å². The molecule has 3 heterocycles. The minimum absolute atomic E-state index is 0.256. The van der Waals surface area contributed by atoms with Crippen LogP contribution in [0.5, 0.6) is 0 Å². The molecule has 7 nitrogen and oxygen atoms in total. The molecular formula is C20H17FN6O. The molecule has 2 aromatic heterocycles. The summed E-state index contributed by atoms with van der Waals surface area (Å²) in [6.07, 6.45) is 3.23. The van der Waals surface area contributed by atoms with Crippen molar-refractivity contribution in [3.05, 3.63) is 71.9 Å². The van der Waals surface area contributed by atoms with E-state index >= 15 is 0 Å². The number of nitrogens with one attached hydrogen (secondary N) is 1. The van der Waals surface area contributed by atoms with E-state index in [1.54, 1.807) is 23.2 Å². The van der Waals surface area contributed by atoms with Crippen LogP contribution in [0.2, 0.25) is 0 Å². The highest BCUT2D eigenvalue weighted by Gasteiger charge is 2.24. The minimum Gasteiger partial charge on any atom is -0.394 e. The first-order valence-corrected chi connectivity index (χ1v) is 8.87. The Kier molecular flexibility index (Phi) is 3.91. The van der Waals surface area contributed by atoms with Gasteiger partial charge in [0.15, 0.2) is 5.82 Å². The molecule has 0 saturated carbocycles. The zero-order valence-electron chi connectivity index (χ0n) is 14.8. The predicted octanol–water partition coefficient (Wildman–Crippen LogP) is 3.22. The first-order chi connectivity index (χ1) is 13.7. The molecule has 1 aliphatic rings. The average Bonchev–Trinajstić information content (AvgIpc) is 3.15. The van der Waals surface area contributed by atoms with Gasteiger partial charge in [0.05, 0.1) is 42.2 Å². The van der Waals surface area contributed by atoms with E-state index in [1.807, 2.05) is 30.3 Å². The van der Waals surface area contributed by atoms with Gasteiger partial charge >= 0.3 is 0 Å². The number of aromatic nitrogens is 4. The lowest BCUT2D eigenvalue weighted by Gasteiger charge is -2.27. The summed E-state index contributed by atoms with van der Waals surface area (Å²) in [5, 5.41) is 3.28. The molecular weight excluding hydrogens is 359 g/mol. The molecule has 3 N–H and O–H groups in total. The van der Waals surface area contributed by atoms with Gasteiger partial charge in [0.25, 0.3) is 0 Å². The van der Waals surface area contributed by atoms with Crippen molar-refractivity contribution < 1.29 is 9.13 Å². The standard InChI is InChI=1S/C20H17FN6O/c21-14-5-3-4-12-13(14)9-28-10-17(12)25-19-15(22)8-23-20(26-19)27-11-24-16-6-1-2-7-18(16)27/h1-8,11,17H,9-10,22H2,(H,23,25,26). The number of fused-ring (bicyclic) bond motifs is 2. The highest BCUT2D eigenvalue weighted by molar-refractivity contribution is 5.76. The Morgan fingerprint density at radius 3 is 2.96 bits per heavy atom. The van der Waals surface area contributed by atoms with Crippen LogP contribution in [0.15, 0.2) is 55.0 Å². The predicted molar refractivity (Wildman–Crippen MR) is 103 cm³/mol. The molecule has 0 radical (unpaired) electrons. The maximum absolute atomic E-state index is 14.1. The lowest BCUT2D eigenvalue weighted by molar-refractivity contribution is 0.0940. The minimum atomic E-state index is -0.273. The van der Waals surface area contributed by atoms with E-state index in [4.69, 9.17) is 10.5 Å². The van der Waals surface area contributed by atoms with Crippen molar-refractivity contribution in [2.45, 2.75) is 12.6 Å². The number of benzene rings is 2. The van der Waals surface area contributed by atoms with Crippen molar-refractivity contribution in [3.63, 3.8) is 0 Å². The Labute approximate surface area is 160 Å². The quantitative estimate of drug-likeness (QED) is 0.571. The molecule has 0 fully saturated rings. The Bertz CT molecular complexity index is 1170. The van der Waals surface area contributed by atoms with Crippen LogP contribution < -0.4 is 11.1 Å². The van der Waals surface area contributed by atoms with Crippen LogP contribution >= 0.6 is 0 Å². The fourth-order valence-electron chi connectivity index (χ4n) is 3.44. The molecule has 5 rings (SSSR count). The summed E-state index contributed by atoms with van der Waals surface area (Å²) in [5.74, 6) is 0.639. The fourth-order valence-corrected chi connectivity index (χ4v) is 3.44. The van der Waals surface area contributed by atoms with Crippen molar-refractivity contribution in [1.29, 1.82) is 0 Å². The molecule has 1 unspecified atom stereocenters. The van der Waals surface area contributed by atoms with Crippen LogP contribution in [0.4, 0.5) is 15.9 Å². The molecule has 8 heteroatoms. The summed E-state index contributed by atoms with van der Waals surface area (Å²) in [4.78, 5) is 13.3. The maximum Gasteiger partial charge on any atom is 0.237 e. The van der Waals surface area contributed by atoms with Crippen molar-refractivity contribution in [2.24, 2.45) is 0 Å². The van der Waals surface area contributed by atoms with Gasteiger partial charge in [-0.1, -0.05) is 24.3 Å². The van der Waals surface area contributed by atoms with E-state index in [1.165, 1.54) is 6.07 Å². The van der Waals surface area contributed by atoms with Crippen LogP contribution in [0.25, 0.3) is 17.0 Å². The lowest BCUT2D eigenvalue weighted by atomic mass is 9.98. The van der Waals surface area contributed by atoms with Gasteiger partial charge in [-0.3, -0.25) is 4.57 Å². The number of hydrogen-bond acceptors (Lipinski definition) is 6. The van der Waals surface area contributed by atoms with Gasteiger partial charge in [0.2, 0.25) is 5.95 Å². The Morgan fingerprint density at radius 2 is 2.04 bits per heavy atom. The van der Waals surface area contributed by atoms with Crippen LogP contribution in [0.3, 0.4) is 0 Å². The normalized spacial score (nSPS) is 16.1. The number of anilines is 2. The monoisotopic (exact) mass is 376 g/mol. The Hall–Kier alpha value is -3.52. The molecule has 0 spiro atoms. The van der Waals surface area contributed by atoms with Gasteiger partial charge in [-0.05, 0) is 23.8 Å². The molecule has 4 aromatic rings. The number of imidazole rings is 1. The third-order valence-electron chi connectivity index (χ3n) is 4.85. The SMILES string of the molecule is Nc1cnc(-n2cnc3ccccc32)nc1NC1COCc2c(F)cccc21. The van der Waals surface area contributed by atoms with Crippen molar-refractivity contribution in [3.8, 4) is 5.95 Å². The van der Waals surface area contributed by atoms with Crippen LogP contribution in [-0.2, 0) is 11.3 Å². The second-order valence-corrected chi connectivity index (χ2v) is 6.60.